The molecule has 1 aliphatic carbocycles. The number of hydrogen-bond acceptors (Lipinski definition) is 7. The molecular weight excluding hydrogens is 466 g/mol. The summed E-state index contributed by atoms with van der Waals surface area (Å²) >= 11 is 0. The zero-order valence-electron chi connectivity index (χ0n) is 21.7. The van der Waals surface area contributed by atoms with Gasteiger partial charge in [0, 0.05) is 50.4 Å². The Morgan fingerprint density at radius 3 is 2.84 bits per heavy atom. The molecule has 0 aromatic carbocycles. The molecule has 0 saturated carbocycles. The number of azide groups is 1. The van der Waals surface area contributed by atoms with Gasteiger partial charge in [-0.2, -0.15) is 0 Å². The first kappa shape index (κ1) is 25.5. The van der Waals surface area contributed by atoms with Gasteiger partial charge in [-0.05, 0) is 75.0 Å². The second kappa shape index (κ2) is 11.9. The Labute approximate surface area is 218 Å². The van der Waals surface area contributed by atoms with Crippen molar-refractivity contribution >= 4 is 11.5 Å². The number of hydrogen-bond donors (Lipinski definition) is 1. The Morgan fingerprint density at radius 1 is 1.16 bits per heavy atom. The summed E-state index contributed by atoms with van der Waals surface area (Å²) in [6.45, 7) is 5.88. The summed E-state index contributed by atoms with van der Waals surface area (Å²) < 4.78 is 2.15. The molecule has 3 aromatic rings. The molecule has 1 aliphatic heterocycles. The summed E-state index contributed by atoms with van der Waals surface area (Å²) in [5.41, 5.74) is 13.8. The summed E-state index contributed by atoms with van der Waals surface area (Å²) in [7, 11) is 2.16. The number of anilines is 1. The Morgan fingerprint density at radius 2 is 2.03 bits per heavy atom. The van der Waals surface area contributed by atoms with E-state index in [1.807, 2.05) is 18.3 Å². The lowest BCUT2D eigenvalue weighted by Gasteiger charge is -2.35. The van der Waals surface area contributed by atoms with Gasteiger partial charge in [0.1, 0.15) is 11.5 Å². The summed E-state index contributed by atoms with van der Waals surface area (Å²) in [5, 5.41) is 14.3. The number of likely N-dealkylation sites (N-methyl/N-ethyl adjacent to an activating group) is 1. The molecule has 2 aliphatic rings. The van der Waals surface area contributed by atoms with Gasteiger partial charge < -0.3 is 14.9 Å². The molecule has 37 heavy (non-hydrogen) atoms. The van der Waals surface area contributed by atoms with Gasteiger partial charge in [-0.1, -0.05) is 17.2 Å². The van der Waals surface area contributed by atoms with Crippen molar-refractivity contribution in [2.24, 2.45) is 5.11 Å². The Balaban J connectivity index is 1.46. The van der Waals surface area contributed by atoms with E-state index in [2.05, 4.69) is 54.4 Å². The lowest BCUT2D eigenvalue weighted by atomic mass is 9.90. The van der Waals surface area contributed by atoms with Gasteiger partial charge in [-0.25, -0.2) is 4.98 Å². The lowest BCUT2D eigenvalue weighted by Crippen LogP contribution is -2.45. The molecular formula is C27H37N9O. The van der Waals surface area contributed by atoms with Crippen LogP contribution in [0.2, 0.25) is 0 Å². The number of aliphatic hydroxyl groups excluding tert-OH is 1. The fourth-order valence-corrected chi connectivity index (χ4v) is 5.77. The van der Waals surface area contributed by atoms with Crippen LogP contribution in [0.5, 0.6) is 0 Å². The molecule has 5 rings (SSSR count). The van der Waals surface area contributed by atoms with Crippen LogP contribution in [-0.2, 0) is 19.6 Å². The fraction of sp³-hybridized carbons (Fsp3) is 0.556. The highest BCUT2D eigenvalue weighted by atomic mass is 16.3. The zero-order valence-corrected chi connectivity index (χ0v) is 21.7. The van der Waals surface area contributed by atoms with Crippen molar-refractivity contribution in [3.63, 3.8) is 0 Å². The van der Waals surface area contributed by atoms with Crippen LogP contribution in [0.1, 0.15) is 54.4 Å². The Kier molecular flexibility index (Phi) is 8.21. The minimum Gasteiger partial charge on any atom is -0.390 e. The Bertz CT molecular complexity index is 1240. The van der Waals surface area contributed by atoms with Gasteiger partial charge in [0.25, 0.3) is 0 Å². The summed E-state index contributed by atoms with van der Waals surface area (Å²) in [6, 6.07) is 10.7. The quantitative estimate of drug-likeness (QED) is 0.194. The number of unbranched alkanes of at least 4 members (excludes halogenated alkanes) is 1. The van der Waals surface area contributed by atoms with Crippen LogP contribution < -0.4 is 4.90 Å². The van der Waals surface area contributed by atoms with E-state index in [4.69, 9.17) is 15.5 Å². The number of nitrogens with zero attached hydrogens (tertiary/aromatic N) is 9. The maximum atomic E-state index is 10.6. The molecule has 1 fully saturated rings. The molecule has 1 saturated heterocycles. The number of piperazine rings is 1. The highest BCUT2D eigenvalue weighted by molar-refractivity contribution is 5.55. The van der Waals surface area contributed by atoms with Crippen molar-refractivity contribution < 1.29 is 5.11 Å². The third-order valence-electron chi connectivity index (χ3n) is 7.75. The van der Waals surface area contributed by atoms with Crippen LogP contribution in [0, 0.1) is 0 Å². The van der Waals surface area contributed by atoms with E-state index in [0.29, 0.717) is 13.1 Å². The van der Waals surface area contributed by atoms with Gasteiger partial charge in [-0.3, -0.25) is 14.3 Å². The monoisotopic (exact) mass is 503 g/mol. The van der Waals surface area contributed by atoms with Crippen molar-refractivity contribution in [3.8, 4) is 0 Å². The van der Waals surface area contributed by atoms with Crippen molar-refractivity contribution in [1.82, 2.24) is 24.2 Å². The van der Waals surface area contributed by atoms with Crippen molar-refractivity contribution in [1.29, 1.82) is 0 Å². The number of rotatable bonds is 10. The van der Waals surface area contributed by atoms with E-state index in [0.717, 1.165) is 93.4 Å². The van der Waals surface area contributed by atoms with Crippen molar-refractivity contribution in [3.05, 3.63) is 69.6 Å². The molecule has 3 aromatic heterocycles. The topological polar surface area (TPSA) is 109 Å². The summed E-state index contributed by atoms with van der Waals surface area (Å²) in [6.07, 6.45) is 6.90. The second-order valence-electron chi connectivity index (χ2n) is 10.1. The van der Waals surface area contributed by atoms with Crippen LogP contribution in [-0.4, -0.2) is 75.6 Å². The molecule has 4 heterocycles. The number of pyridine rings is 2. The van der Waals surface area contributed by atoms with Gasteiger partial charge in [0.15, 0.2) is 0 Å². The number of aliphatic hydroxyl groups is 1. The number of fused-ring (bicyclic) bond motifs is 2. The van der Waals surface area contributed by atoms with E-state index >= 15 is 0 Å². The van der Waals surface area contributed by atoms with E-state index in [-0.39, 0.29) is 12.6 Å². The minimum atomic E-state index is -0.0640. The molecule has 10 nitrogen and oxygen atoms in total. The van der Waals surface area contributed by atoms with Crippen LogP contribution in [0.3, 0.4) is 0 Å². The second-order valence-corrected chi connectivity index (χ2v) is 10.1. The first-order valence-electron chi connectivity index (χ1n) is 13.4. The van der Waals surface area contributed by atoms with Crippen molar-refractivity contribution in [2.75, 3.05) is 51.2 Å². The van der Waals surface area contributed by atoms with E-state index in [1.165, 1.54) is 5.56 Å². The molecule has 1 N–H and O–H groups in total. The number of imidazole rings is 1. The number of aromatic nitrogens is 3. The molecule has 1 atom stereocenters. The third-order valence-corrected chi connectivity index (χ3v) is 7.75. The first-order chi connectivity index (χ1) is 18.2. The van der Waals surface area contributed by atoms with Crippen LogP contribution in [0.4, 0.5) is 5.82 Å². The van der Waals surface area contributed by atoms with Gasteiger partial charge in [0.2, 0.25) is 0 Å². The number of aryl methyl sites for hydroxylation is 1. The fourth-order valence-electron chi connectivity index (χ4n) is 5.77. The highest BCUT2D eigenvalue weighted by Crippen LogP contribution is 2.34. The lowest BCUT2D eigenvalue weighted by molar-refractivity contribution is 0.159. The Hall–Kier alpha value is -3.17. The predicted molar refractivity (Wildman–Crippen MR) is 144 cm³/mol. The zero-order chi connectivity index (χ0) is 25.6. The molecule has 0 radical (unpaired) electrons. The summed E-state index contributed by atoms with van der Waals surface area (Å²) in [5.74, 6) is 1.10. The van der Waals surface area contributed by atoms with E-state index in [1.54, 1.807) is 0 Å². The molecule has 0 bridgehead atoms. The molecule has 0 spiro atoms. The standard InChI is InChI=1S/C27H37N9O/c1-33-15-17-34(18-16-33)26-11-5-10-25-31-22(24(20-37)36(25)26)19-35(14-3-2-13-30-32-28)23-9-4-7-21-8-6-12-29-27(21)23/h5-6,8,10-12,23,37H,2-4,7,9,13-20H2,1H3/t23-/m0/s1. The average molecular weight is 504 g/mol. The smallest absolute Gasteiger partial charge is 0.138 e. The van der Waals surface area contributed by atoms with E-state index in [9.17, 15) is 5.11 Å². The third kappa shape index (κ3) is 5.57. The first-order valence-corrected chi connectivity index (χ1v) is 13.4. The maximum absolute atomic E-state index is 10.6. The average Bonchev–Trinajstić information content (AvgIpc) is 3.29. The SMILES string of the molecule is CN1CCN(c2cccc3nc(CN(CCCCN=[N+]=[N-])[C@H]4CCCc5cccnc54)c(CO)n23)CC1. The molecule has 0 amide bonds. The molecule has 0 unspecified atom stereocenters. The highest BCUT2D eigenvalue weighted by Gasteiger charge is 2.29. The van der Waals surface area contributed by atoms with Gasteiger partial charge >= 0.3 is 0 Å². The molecule has 10 heteroatoms. The molecule has 196 valence electrons. The predicted octanol–water partition coefficient (Wildman–Crippen LogP) is 3.94. The maximum Gasteiger partial charge on any atom is 0.138 e. The largest absolute Gasteiger partial charge is 0.390 e. The van der Waals surface area contributed by atoms with Crippen molar-refractivity contribution in [2.45, 2.75) is 51.3 Å². The van der Waals surface area contributed by atoms with Gasteiger partial charge in [-0.15, -0.1) is 0 Å². The normalized spacial score (nSPS) is 18.2. The van der Waals surface area contributed by atoms with E-state index < -0.39 is 0 Å². The van der Waals surface area contributed by atoms with Crippen LogP contribution >= 0.6 is 0 Å². The van der Waals surface area contributed by atoms with Gasteiger partial charge in [0.05, 0.1) is 29.7 Å². The van der Waals surface area contributed by atoms with Crippen LogP contribution in [0.25, 0.3) is 16.1 Å². The minimum absolute atomic E-state index is 0.0640. The van der Waals surface area contributed by atoms with Crippen LogP contribution in [0.15, 0.2) is 41.6 Å². The summed E-state index contributed by atoms with van der Waals surface area (Å²) in [4.78, 5) is 19.9.